The first-order chi connectivity index (χ1) is 6.77. The first-order valence-electron chi connectivity index (χ1n) is 4.91. The van der Waals surface area contributed by atoms with Crippen LogP contribution in [0.3, 0.4) is 0 Å². The van der Waals surface area contributed by atoms with Crippen LogP contribution in [0.25, 0.3) is 0 Å². The molecule has 1 aliphatic heterocycles. The molecule has 0 aromatic heterocycles. The first kappa shape index (κ1) is 9.65. The van der Waals surface area contributed by atoms with Gasteiger partial charge in [-0.15, -0.1) is 0 Å². The molecule has 1 aromatic rings. The molecule has 1 aromatic carbocycles. The van der Waals surface area contributed by atoms with E-state index in [2.05, 4.69) is 0 Å². The second kappa shape index (κ2) is 4.09. The van der Waals surface area contributed by atoms with Gasteiger partial charge in [0.1, 0.15) is 6.23 Å². The molecule has 0 bridgehead atoms. The van der Waals surface area contributed by atoms with E-state index in [0.29, 0.717) is 13.0 Å². The van der Waals surface area contributed by atoms with Crippen molar-refractivity contribution in [3.63, 3.8) is 0 Å². The van der Waals surface area contributed by atoms with Gasteiger partial charge in [-0.1, -0.05) is 30.3 Å². The number of rotatable bonds is 2. The highest BCUT2D eigenvalue weighted by molar-refractivity contribution is 5.14. The standard InChI is InChI=1S/C11H15NO2/c13-10-6-7-12(11(10)14)8-9-4-2-1-3-5-9/h1-5,10-11,13-14H,6-8H2/t10-,11?/m1/s1. The topological polar surface area (TPSA) is 43.7 Å². The Morgan fingerprint density at radius 3 is 2.50 bits per heavy atom. The smallest absolute Gasteiger partial charge is 0.133 e. The Kier molecular flexibility index (Phi) is 2.82. The van der Waals surface area contributed by atoms with E-state index in [1.165, 1.54) is 5.56 Å². The van der Waals surface area contributed by atoms with Crippen LogP contribution in [0.5, 0.6) is 0 Å². The minimum atomic E-state index is -0.699. The van der Waals surface area contributed by atoms with Crippen LogP contribution in [0, 0.1) is 0 Å². The van der Waals surface area contributed by atoms with Crippen LogP contribution in [0.2, 0.25) is 0 Å². The summed E-state index contributed by atoms with van der Waals surface area (Å²) in [6.45, 7) is 1.47. The maximum Gasteiger partial charge on any atom is 0.133 e. The van der Waals surface area contributed by atoms with Gasteiger partial charge in [-0.05, 0) is 12.0 Å². The predicted octanol–water partition coefficient (Wildman–Crippen LogP) is 0.572. The summed E-state index contributed by atoms with van der Waals surface area (Å²) in [6, 6.07) is 9.98. The number of hydrogen-bond donors (Lipinski definition) is 2. The summed E-state index contributed by atoms with van der Waals surface area (Å²) >= 11 is 0. The number of nitrogens with zero attached hydrogens (tertiary/aromatic N) is 1. The third-order valence-corrected chi connectivity index (χ3v) is 2.66. The number of likely N-dealkylation sites (tertiary alicyclic amines) is 1. The normalized spacial score (nSPS) is 28.1. The lowest BCUT2D eigenvalue weighted by atomic mass is 10.2. The van der Waals surface area contributed by atoms with Crippen LogP contribution in [0.1, 0.15) is 12.0 Å². The number of benzene rings is 1. The minimum Gasteiger partial charge on any atom is -0.389 e. The average Bonchev–Trinajstić information content (AvgIpc) is 2.52. The van der Waals surface area contributed by atoms with Crippen LogP contribution in [-0.2, 0) is 6.54 Å². The van der Waals surface area contributed by atoms with Crippen molar-refractivity contribution in [2.24, 2.45) is 0 Å². The molecule has 1 aliphatic rings. The van der Waals surface area contributed by atoms with Crippen LogP contribution in [0.4, 0.5) is 0 Å². The third-order valence-electron chi connectivity index (χ3n) is 2.66. The monoisotopic (exact) mass is 193 g/mol. The highest BCUT2D eigenvalue weighted by Crippen LogP contribution is 2.18. The summed E-state index contributed by atoms with van der Waals surface area (Å²) in [5, 5.41) is 18.9. The SMILES string of the molecule is OC1[C@H](O)CCN1Cc1ccccc1. The Morgan fingerprint density at radius 1 is 1.21 bits per heavy atom. The molecule has 2 atom stereocenters. The van der Waals surface area contributed by atoms with E-state index in [4.69, 9.17) is 0 Å². The summed E-state index contributed by atoms with van der Waals surface area (Å²) in [4.78, 5) is 1.89. The fraction of sp³-hybridized carbons (Fsp3) is 0.455. The Labute approximate surface area is 83.6 Å². The molecular weight excluding hydrogens is 178 g/mol. The summed E-state index contributed by atoms with van der Waals surface area (Å²) in [5.74, 6) is 0. The van der Waals surface area contributed by atoms with Gasteiger partial charge in [0.2, 0.25) is 0 Å². The average molecular weight is 193 g/mol. The van der Waals surface area contributed by atoms with E-state index >= 15 is 0 Å². The molecule has 1 heterocycles. The molecule has 1 fully saturated rings. The highest BCUT2D eigenvalue weighted by atomic mass is 16.3. The summed E-state index contributed by atoms with van der Waals surface area (Å²) in [5.41, 5.74) is 1.17. The maximum atomic E-state index is 9.59. The molecular formula is C11H15NO2. The second-order valence-corrected chi connectivity index (χ2v) is 3.73. The van der Waals surface area contributed by atoms with E-state index in [9.17, 15) is 10.2 Å². The molecule has 0 spiro atoms. The summed E-state index contributed by atoms with van der Waals surface area (Å²) < 4.78 is 0. The van der Waals surface area contributed by atoms with Crippen molar-refractivity contribution < 1.29 is 10.2 Å². The molecule has 3 heteroatoms. The predicted molar refractivity (Wildman–Crippen MR) is 53.5 cm³/mol. The van der Waals surface area contributed by atoms with Gasteiger partial charge >= 0.3 is 0 Å². The number of hydrogen-bond acceptors (Lipinski definition) is 3. The van der Waals surface area contributed by atoms with Crippen molar-refractivity contribution in [2.75, 3.05) is 6.54 Å². The molecule has 1 unspecified atom stereocenters. The molecule has 0 aliphatic carbocycles. The van der Waals surface area contributed by atoms with Crippen molar-refractivity contribution >= 4 is 0 Å². The fourth-order valence-corrected chi connectivity index (χ4v) is 1.81. The lowest BCUT2D eigenvalue weighted by Gasteiger charge is -2.20. The van der Waals surface area contributed by atoms with E-state index in [1.54, 1.807) is 0 Å². The number of aliphatic hydroxyl groups is 2. The molecule has 14 heavy (non-hydrogen) atoms. The van der Waals surface area contributed by atoms with Gasteiger partial charge in [-0.25, -0.2) is 0 Å². The lowest BCUT2D eigenvalue weighted by molar-refractivity contribution is -0.0390. The number of aliphatic hydroxyl groups excluding tert-OH is 2. The van der Waals surface area contributed by atoms with Gasteiger partial charge in [0, 0.05) is 13.1 Å². The molecule has 0 amide bonds. The first-order valence-corrected chi connectivity index (χ1v) is 4.91. The van der Waals surface area contributed by atoms with Crippen LogP contribution in [-0.4, -0.2) is 34.0 Å². The van der Waals surface area contributed by atoms with Gasteiger partial charge in [0.05, 0.1) is 6.10 Å². The summed E-state index contributed by atoms with van der Waals surface area (Å²) in [6.07, 6.45) is -0.623. The molecule has 76 valence electrons. The minimum absolute atomic E-state index is 0.585. The van der Waals surface area contributed by atoms with Crippen molar-refractivity contribution in [3.8, 4) is 0 Å². The van der Waals surface area contributed by atoms with E-state index in [0.717, 1.165) is 6.54 Å². The van der Waals surface area contributed by atoms with E-state index < -0.39 is 12.3 Å². The zero-order chi connectivity index (χ0) is 9.97. The Morgan fingerprint density at radius 2 is 1.93 bits per heavy atom. The zero-order valence-electron chi connectivity index (χ0n) is 8.00. The molecule has 2 N–H and O–H groups in total. The van der Waals surface area contributed by atoms with E-state index in [-0.39, 0.29) is 0 Å². The highest BCUT2D eigenvalue weighted by Gasteiger charge is 2.30. The Bertz CT molecular complexity index is 289. The molecule has 0 saturated carbocycles. The van der Waals surface area contributed by atoms with Crippen molar-refractivity contribution in [1.82, 2.24) is 4.90 Å². The van der Waals surface area contributed by atoms with Gasteiger partial charge in [0.15, 0.2) is 0 Å². The molecule has 0 radical (unpaired) electrons. The maximum absolute atomic E-state index is 9.59. The van der Waals surface area contributed by atoms with Gasteiger partial charge in [-0.3, -0.25) is 4.90 Å². The second-order valence-electron chi connectivity index (χ2n) is 3.73. The van der Waals surface area contributed by atoms with Gasteiger partial charge < -0.3 is 10.2 Å². The fourth-order valence-electron chi connectivity index (χ4n) is 1.81. The van der Waals surface area contributed by atoms with Crippen molar-refractivity contribution in [2.45, 2.75) is 25.3 Å². The summed E-state index contributed by atoms with van der Waals surface area (Å²) in [7, 11) is 0. The van der Waals surface area contributed by atoms with Gasteiger partial charge in [-0.2, -0.15) is 0 Å². The van der Waals surface area contributed by atoms with Gasteiger partial charge in [0.25, 0.3) is 0 Å². The van der Waals surface area contributed by atoms with E-state index in [1.807, 2.05) is 35.2 Å². The molecule has 3 nitrogen and oxygen atoms in total. The van der Waals surface area contributed by atoms with Crippen molar-refractivity contribution in [1.29, 1.82) is 0 Å². The zero-order valence-corrected chi connectivity index (χ0v) is 8.00. The van der Waals surface area contributed by atoms with Crippen LogP contribution in [0.15, 0.2) is 30.3 Å². The Balaban J connectivity index is 1.99. The van der Waals surface area contributed by atoms with Crippen LogP contribution < -0.4 is 0 Å². The van der Waals surface area contributed by atoms with Crippen LogP contribution >= 0.6 is 0 Å². The quantitative estimate of drug-likeness (QED) is 0.721. The lowest BCUT2D eigenvalue weighted by Crippen LogP contribution is -2.34. The molecule has 1 saturated heterocycles. The van der Waals surface area contributed by atoms with Crippen molar-refractivity contribution in [3.05, 3.63) is 35.9 Å². The molecule has 2 rings (SSSR count). The third kappa shape index (κ3) is 1.95. The Hall–Kier alpha value is -0.900. The largest absolute Gasteiger partial charge is 0.389 e.